The fourth-order valence-corrected chi connectivity index (χ4v) is 2.45. The van der Waals surface area contributed by atoms with Crippen LogP contribution in [-0.2, 0) is 6.54 Å². The molecule has 0 spiro atoms. The van der Waals surface area contributed by atoms with E-state index in [1.807, 2.05) is 0 Å². The van der Waals surface area contributed by atoms with Gasteiger partial charge in [-0.05, 0) is 31.2 Å². The van der Waals surface area contributed by atoms with Crippen LogP contribution in [0.15, 0.2) is 48.5 Å². The van der Waals surface area contributed by atoms with Crippen molar-refractivity contribution in [3.63, 3.8) is 0 Å². The van der Waals surface area contributed by atoms with E-state index >= 15 is 0 Å². The number of hydrogen-bond acceptors (Lipinski definition) is 4. The lowest BCUT2D eigenvalue weighted by Gasteiger charge is -2.11. The molecular formula is C18H15ClF2N4. The molecule has 0 aliphatic carbocycles. The van der Waals surface area contributed by atoms with Gasteiger partial charge in [0, 0.05) is 23.9 Å². The van der Waals surface area contributed by atoms with Crippen LogP contribution in [0.2, 0.25) is 5.02 Å². The van der Waals surface area contributed by atoms with Gasteiger partial charge in [0.25, 0.3) is 0 Å². The van der Waals surface area contributed by atoms with Crippen LogP contribution in [0.1, 0.15) is 11.4 Å². The van der Waals surface area contributed by atoms with Gasteiger partial charge in [-0.3, -0.25) is 0 Å². The number of aromatic nitrogens is 2. The number of rotatable bonds is 5. The molecule has 0 radical (unpaired) electrons. The van der Waals surface area contributed by atoms with E-state index in [4.69, 9.17) is 11.6 Å². The van der Waals surface area contributed by atoms with Gasteiger partial charge in [-0.1, -0.05) is 29.8 Å². The van der Waals surface area contributed by atoms with Gasteiger partial charge in [0.05, 0.1) is 5.02 Å². The topological polar surface area (TPSA) is 49.8 Å². The summed E-state index contributed by atoms with van der Waals surface area (Å²) >= 11 is 5.78. The van der Waals surface area contributed by atoms with Crippen molar-refractivity contribution in [1.82, 2.24) is 9.97 Å². The van der Waals surface area contributed by atoms with Crippen LogP contribution in [0.3, 0.4) is 0 Å². The van der Waals surface area contributed by atoms with E-state index < -0.39 is 5.82 Å². The minimum absolute atomic E-state index is 0.0219. The van der Waals surface area contributed by atoms with Gasteiger partial charge in [-0.15, -0.1) is 0 Å². The Morgan fingerprint density at radius 1 is 0.960 bits per heavy atom. The first-order chi connectivity index (χ1) is 12.0. The molecule has 0 amide bonds. The van der Waals surface area contributed by atoms with Crippen LogP contribution in [0.4, 0.5) is 26.1 Å². The van der Waals surface area contributed by atoms with Gasteiger partial charge in [0.15, 0.2) is 0 Å². The minimum atomic E-state index is -0.488. The van der Waals surface area contributed by atoms with Crippen LogP contribution in [0.25, 0.3) is 0 Å². The fraction of sp³-hybridized carbons (Fsp3) is 0.111. The zero-order chi connectivity index (χ0) is 17.8. The number of nitrogens with one attached hydrogen (secondary N) is 2. The highest BCUT2D eigenvalue weighted by Gasteiger charge is 2.06. The Hall–Kier alpha value is -2.73. The average molecular weight is 361 g/mol. The van der Waals surface area contributed by atoms with Crippen molar-refractivity contribution < 1.29 is 8.78 Å². The summed E-state index contributed by atoms with van der Waals surface area (Å²) in [6.07, 6.45) is 0. The van der Waals surface area contributed by atoms with E-state index in [1.54, 1.807) is 37.3 Å². The Morgan fingerprint density at radius 3 is 2.48 bits per heavy atom. The number of anilines is 3. The zero-order valence-electron chi connectivity index (χ0n) is 13.4. The second kappa shape index (κ2) is 7.44. The third-order valence-electron chi connectivity index (χ3n) is 3.45. The van der Waals surface area contributed by atoms with Crippen LogP contribution >= 0.6 is 11.6 Å². The largest absolute Gasteiger partial charge is 0.366 e. The maximum Gasteiger partial charge on any atom is 0.141 e. The van der Waals surface area contributed by atoms with E-state index in [-0.39, 0.29) is 10.8 Å². The number of aryl methyl sites for hydroxylation is 1. The van der Waals surface area contributed by atoms with Crippen LogP contribution in [0.5, 0.6) is 0 Å². The molecule has 0 aliphatic heterocycles. The molecule has 2 aromatic carbocycles. The third-order valence-corrected chi connectivity index (χ3v) is 3.74. The standard InChI is InChI=1S/C18H15ClF2N4/c1-11-23-17(22-10-12-4-2-3-5-15(12)20)9-18(24-11)25-13-6-7-16(21)14(19)8-13/h2-9H,10H2,1H3,(H2,22,23,24,25). The smallest absolute Gasteiger partial charge is 0.141 e. The van der Waals surface area contributed by atoms with E-state index in [0.717, 1.165) is 0 Å². The summed E-state index contributed by atoms with van der Waals surface area (Å²) in [5.41, 5.74) is 1.14. The lowest BCUT2D eigenvalue weighted by molar-refractivity contribution is 0.613. The molecule has 0 unspecified atom stereocenters. The summed E-state index contributed by atoms with van der Waals surface area (Å²) in [5, 5.41) is 6.14. The molecule has 0 atom stereocenters. The van der Waals surface area contributed by atoms with Crippen molar-refractivity contribution in [2.75, 3.05) is 10.6 Å². The summed E-state index contributed by atoms with van der Waals surface area (Å²) in [6, 6.07) is 12.5. The first-order valence-electron chi connectivity index (χ1n) is 7.56. The predicted octanol–water partition coefficient (Wildman–Crippen LogP) is 5.07. The highest BCUT2D eigenvalue weighted by molar-refractivity contribution is 6.31. The molecule has 7 heteroatoms. The van der Waals surface area contributed by atoms with Crippen molar-refractivity contribution in [3.8, 4) is 0 Å². The zero-order valence-corrected chi connectivity index (χ0v) is 14.1. The van der Waals surface area contributed by atoms with Crippen molar-refractivity contribution in [2.24, 2.45) is 0 Å². The van der Waals surface area contributed by atoms with Gasteiger partial charge in [-0.25, -0.2) is 18.7 Å². The van der Waals surface area contributed by atoms with Crippen molar-refractivity contribution in [2.45, 2.75) is 13.5 Å². The van der Waals surface area contributed by atoms with Crippen molar-refractivity contribution in [3.05, 3.63) is 76.6 Å². The van der Waals surface area contributed by atoms with Gasteiger partial charge in [0.2, 0.25) is 0 Å². The second-order valence-corrected chi connectivity index (χ2v) is 5.79. The molecule has 25 heavy (non-hydrogen) atoms. The van der Waals surface area contributed by atoms with Crippen LogP contribution in [-0.4, -0.2) is 9.97 Å². The molecule has 0 saturated carbocycles. The molecule has 0 bridgehead atoms. The second-order valence-electron chi connectivity index (χ2n) is 5.38. The first kappa shape index (κ1) is 17.1. The van der Waals surface area contributed by atoms with Gasteiger partial charge in [-0.2, -0.15) is 0 Å². The first-order valence-corrected chi connectivity index (χ1v) is 7.94. The number of nitrogens with zero attached hydrogens (tertiary/aromatic N) is 2. The molecular weight excluding hydrogens is 346 g/mol. The summed E-state index contributed by atoms with van der Waals surface area (Å²) in [6.45, 7) is 2.04. The van der Waals surface area contributed by atoms with E-state index in [9.17, 15) is 8.78 Å². The molecule has 0 aliphatic rings. The monoisotopic (exact) mass is 360 g/mol. The van der Waals surface area contributed by atoms with E-state index in [2.05, 4.69) is 20.6 Å². The summed E-state index contributed by atoms with van der Waals surface area (Å²) in [4.78, 5) is 8.56. The Morgan fingerprint density at radius 2 is 1.72 bits per heavy atom. The number of benzene rings is 2. The molecule has 3 aromatic rings. The molecule has 0 saturated heterocycles. The molecule has 128 valence electrons. The highest BCUT2D eigenvalue weighted by atomic mass is 35.5. The summed E-state index contributed by atoms with van der Waals surface area (Å²) in [5.74, 6) is 0.838. The van der Waals surface area contributed by atoms with E-state index in [1.165, 1.54) is 18.2 Å². The summed E-state index contributed by atoms with van der Waals surface area (Å²) in [7, 11) is 0. The Balaban J connectivity index is 1.76. The van der Waals surface area contributed by atoms with Crippen molar-refractivity contribution >= 4 is 28.9 Å². The average Bonchev–Trinajstić information content (AvgIpc) is 2.57. The van der Waals surface area contributed by atoms with E-state index in [0.29, 0.717) is 35.3 Å². The predicted molar refractivity (Wildman–Crippen MR) is 95.2 cm³/mol. The quantitative estimate of drug-likeness (QED) is 0.666. The Kier molecular flexibility index (Phi) is 5.09. The maximum atomic E-state index is 13.7. The molecule has 4 nitrogen and oxygen atoms in total. The maximum absolute atomic E-state index is 13.7. The normalized spacial score (nSPS) is 10.6. The lowest BCUT2D eigenvalue weighted by Crippen LogP contribution is -2.06. The highest BCUT2D eigenvalue weighted by Crippen LogP contribution is 2.23. The SMILES string of the molecule is Cc1nc(NCc2ccccc2F)cc(Nc2ccc(F)c(Cl)c2)n1. The Bertz CT molecular complexity index is 902. The van der Waals surface area contributed by atoms with Crippen LogP contribution < -0.4 is 10.6 Å². The Labute approximate surface area is 148 Å². The molecule has 1 heterocycles. The molecule has 1 aromatic heterocycles. The van der Waals surface area contributed by atoms with Gasteiger partial charge in [0.1, 0.15) is 29.1 Å². The van der Waals surface area contributed by atoms with Gasteiger partial charge >= 0.3 is 0 Å². The number of halogens is 3. The fourth-order valence-electron chi connectivity index (χ4n) is 2.27. The van der Waals surface area contributed by atoms with Crippen LogP contribution in [0, 0.1) is 18.6 Å². The summed E-state index contributed by atoms with van der Waals surface area (Å²) < 4.78 is 26.9. The lowest BCUT2D eigenvalue weighted by atomic mass is 10.2. The molecule has 2 N–H and O–H groups in total. The molecule has 0 fully saturated rings. The third kappa shape index (κ3) is 4.42. The van der Waals surface area contributed by atoms with Gasteiger partial charge < -0.3 is 10.6 Å². The molecule has 3 rings (SSSR count). The van der Waals surface area contributed by atoms with Crippen molar-refractivity contribution in [1.29, 1.82) is 0 Å². The minimum Gasteiger partial charge on any atom is -0.366 e. The number of hydrogen-bond donors (Lipinski definition) is 2.